The summed E-state index contributed by atoms with van der Waals surface area (Å²) in [6.07, 6.45) is 1.29. The molecule has 0 rings (SSSR count). The quantitative estimate of drug-likeness (QED) is 0.476. The minimum atomic E-state index is 0.288. The first-order valence-electron chi connectivity index (χ1n) is 3.90. The fourth-order valence-electron chi connectivity index (χ4n) is 0.672. The summed E-state index contributed by atoms with van der Waals surface area (Å²) < 4.78 is 0. The van der Waals surface area contributed by atoms with Gasteiger partial charge in [-0.1, -0.05) is 13.8 Å². The van der Waals surface area contributed by atoms with E-state index in [4.69, 9.17) is 5.73 Å². The molecule has 0 aliphatic rings. The topological polar surface area (TPSA) is 50.7 Å². The molecule has 0 fully saturated rings. The first kappa shape index (κ1) is 10.1. The van der Waals surface area contributed by atoms with Crippen molar-refractivity contribution in [2.24, 2.45) is 21.6 Å². The third kappa shape index (κ3) is 4.53. The van der Waals surface area contributed by atoms with Gasteiger partial charge in [0.15, 0.2) is 0 Å². The van der Waals surface area contributed by atoms with Crippen LogP contribution in [-0.4, -0.2) is 18.2 Å². The highest BCUT2D eigenvalue weighted by Crippen LogP contribution is 2.00. The van der Waals surface area contributed by atoms with Crippen molar-refractivity contribution < 1.29 is 0 Å². The van der Waals surface area contributed by atoms with Crippen LogP contribution in [0.3, 0.4) is 0 Å². The van der Waals surface area contributed by atoms with Gasteiger partial charge in [-0.3, -0.25) is 4.99 Å². The van der Waals surface area contributed by atoms with E-state index in [-0.39, 0.29) is 6.04 Å². The van der Waals surface area contributed by atoms with E-state index in [1.54, 1.807) is 0 Å². The average Bonchev–Trinajstić information content (AvgIpc) is 1.86. The summed E-state index contributed by atoms with van der Waals surface area (Å²) in [5.41, 5.74) is 5.17. The maximum Gasteiger partial charge on any atom is 0.127 e. The molecule has 11 heavy (non-hydrogen) atoms. The summed E-state index contributed by atoms with van der Waals surface area (Å²) in [7, 11) is 0. The molecule has 2 N–H and O–H groups in total. The Morgan fingerprint density at radius 1 is 1.27 bits per heavy atom. The predicted octanol–water partition coefficient (Wildman–Crippen LogP) is 1.44. The average molecular weight is 155 g/mol. The molecule has 0 amide bonds. The number of nitrogens with zero attached hydrogens (tertiary/aromatic N) is 2. The van der Waals surface area contributed by atoms with Crippen LogP contribution in [0.4, 0.5) is 0 Å². The van der Waals surface area contributed by atoms with Crippen molar-refractivity contribution in [3.63, 3.8) is 0 Å². The molecule has 0 aliphatic heterocycles. The Hall–Kier alpha value is -0.860. The second kappa shape index (κ2) is 4.88. The molecular formula is C8H17N3. The minimum Gasteiger partial charge on any atom is -0.390 e. The van der Waals surface area contributed by atoms with Gasteiger partial charge in [0.2, 0.25) is 0 Å². The van der Waals surface area contributed by atoms with Crippen molar-refractivity contribution in [2.45, 2.75) is 33.7 Å². The fourth-order valence-corrected chi connectivity index (χ4v) is 0.672. The van der Waals surface area contributed by atoms with Crippen LogP contribution in [0.15, 0.2) is 9.98 Å². The highest BCUT2D eigenvalue weighted by atomic mass is 15.0. The third-order valence-corrected chi connectivity index (χ3v) is 1.11. The summed E-state index contributed by atoms with van der Waals surface area (Å²) in [5, 5.41) is 0. The van der Waals surface area contributed by atoms with Gasteiger partial charge < -0.3 is 5.73 Å². The molecule has 0 aliphatic carbocycles. The Balaban J connectivity index is 4.33. The molecule has 0 saturated carbocycles. The van der Waals surface area contributed by atoms with E-state index >= 15 is 0 Å². The van der Waals surface area contributed by atoms with Crippen molar-refractivity contribution in [3.8, 4) is 0 Å². The number of rotatable bonds is 2. The summed E-state index contributed by atoms with van der Waals surface area (Å²) in [6, 6.07) is 0.288. The lowest BCUT2D eigenvalue weighted by atomic mass is 10.2. The van der Waals surface area contributed by atoms with Gasteiger partial charge in [-0.2, -0.15) is 0 Å². The first-order chi connectivity index (χ1) is 5.07. The zero-order valence-corrected chi connectivity index (χ0v) is 7.70. The second-order valence-electron chi connectivity index (χ2n) is 3.01. The smallest absolute Gasteiger partial charge is 0.127 e. The van der Waals surface area contributed by atoms with Crippen molar-refractivity contribution in [1.82, 2.24) is 0 Å². The van der Waals surface area contributed by atoms with E-state index in [2.05, 4.69) is 9.98 Å². The maximum absolute atomic E-state index is 5.17. The molecule has 0 bridgehead atoms. The largest absolute Gasteiger partial charge is 0.390 e. The van der Waals surface area contributed by atoms with Crippen LogP contribution in [0.2, 0.25) is 0 Å². The molecule has 0 saturated heterocycles. The van der Waals surface area contributed by atoms with Gasteiger partial charge in [0.05, 0.1) is 6.34 Å². The maximum atomic E-state index is 5.17. The number of nitrogens with two attached hydrogens (primary N) is 1. The predicted molar refractivity (Wildman–Crippen MR) is 50.1 cm³/mol. The van der Waals surface area contributed by atoms with Crippen molar-refractivity contribution in [3.05, 3.63) is 0 Å². The van der Waals surface area contributed by atoms with E-state index in [9.17, 15) is 0 Å². The summed E-state index contributed by atoms with van der Waals surface area (Å²) >= 11 is 0. The van der Waals surface area contributed by atoms with Gasteiger partial charge >= 0.3 is 0 Å². The van der Waals surface area contributed by atoms with Gasteiger partial charge in [0, 0.05) is 12.0 Å². The summed E-state index contributed by atoms with van der Waals surface area (Å²) in [5.74, 6) is 1.17. The van der Waals surface area contributed by atoms with Crippen molar-refractivity contribution in [1.29, 1.82) is 0 Å². The molecule has 0 radical (unpaired) electrons. The van der Waals surface area contributed by atoms with Crippen LogP contribution in [0.5, 0.6) is 0 Å². The summed E-state index contributed by atoms with van der Waals surface area (Å²) in [4.78, 5) is 8.27. The Morgan fingerprint density at radius 3 is 2.09 bits per heavy atom. The Kier molecular flexibility index (Phi) is 4.50. The van der Waals surface area contributed by atoms with Gasteiger partial charge in [0.1, 0.15) is 5.84 Å². The SMILES string of the molecule is CC(C)N=C(N=CN)C(C)C. The number of hydrogen-bond acceptors (Lipinski definition) is 1. The fraction of sp³-hybridized carbons (Fsp3) is 0.750. The highest BCUT2D eigenvalue weighted by Gasteiger charge is 2.02. The molecule has 0 aromatic rings. The van der Waals surface area contributed by atoms with Crippen LogP contribution >= 0.6 is 0 Å². The van der Waals surface area contributed by atoms with Crippen LogP contribution in [-0.2, 0) is 0 Å². The number of aliphatic imine (C=N–C) groups is 2. The molecular weight excluding hydrogens is 138 g/mol. The van der Waals surface area contributed by atoms with E-state index < -0.39 is 0 Å². The number of hydrogen-bond donors (Lipinski definition) is 1. The molecule has 0 unspecified atom stereocenters. The van der Waals surface area contributed by atoms with E-state index in [0.717, 1.165) is 5.84 Å². The number of amidine groups is 1. The standard InChI is InChI=1S/C8H17N3/c1-6(2)8(10-5-9)11-7(3)4/h5-7H,1-4H3,(H2,9,10,11). The molecule has 64 valence electrons. The Labute approximate surface area is 68.4 Å². The molecule has 0 aromatic carbocycles. The van der Waals surface area contributed by atoms with Crippen LogP contribution in [0, 0.1) is 5.92 Å². The molecule has 0 heterocycles. The van der Waals surface area contributed by atoms with E-state index in [1.807, 2.05) is 27.7 Å². The van der Waals surface area contributed by atoms with Gasteiger partial charge in [-0.25, -0.2) is 4.99 Å². The van der Waals surface area contributed by atoms with Gasteiger partial charge in [-0.05, 0) is 13.8 Å². The van der Waals surface area contributed by atoms with Crippen molar-refractivity contribution >= 4 is 12.2 Å². The highest BCUT2D eigenvalue weighted by molar-refractivity contribution is 5.90. The lowest BCUT2D eigenvalue weighted by molar-refractivity contribution is 0.791. The molecule has 0 aromatic heterocycles. The normalized spacial score (nSPS) is 13.8. The van der Waals surface area contributed by atoms with Crippen molar-refractivity contribution in [2.75, 3.05) is 0 Å². The lowest BCUT2D eigenvalue weighted by Gasteiger charge is -2.05. The van der Waals surface area contributed by atoms with Crippen LogP contribution in [0.25, 0.3) is 0 Å². The lowest BCUT2D eigenvalue weighted by Crippen LogP contribution is -2.09. The minimum absolute atomic E-state index is 0.288. The zero-order chi connectivity index (χ0) is 8.85. The zero-order valence-electron chi connectivity index (χ0n) is 7.70. The summed E-state index contributed by atoms with van der Waals surface area (Å²) in [6.45, 7) is 8.14. The molecule has 0 atom stereocenters. The van der Waals surface area contributed by atoms with Crippen LogP contribution in [0.1, 0.15) is 27.7 Å². The van der Waals surface area contributed by atoms with Crippen LogP contribution < -0.4 is 5.73 Å². The second-order valence-corrected chi connectivity index (χ2v) is 3.01. The first-order valence-corrected chi connectivity index (χ1v) is 3.90. The van der Waals surface area contributed by atoms with E-state index in [0.29, 0.717) is 5.92 Å². The molecule has 3 heteroatoms. The van der Waals surface area contributed by atoms with E-state index in [1.165, 1.54) is 6.34 Å². The molecule has 3 nitrogen and oxygen atoms in total. The monoisotopic (exact) mass is 155 g/mol. The van der Waals surface area contributed by atoms with Gasteiger partial charge in [-0.15, -0.1) is 0 Å². The molecule has 0 spiro atoms. The third-order valence-electron chi connectivity index (χ3n) is 1.11. The Bertz CT molecular complexity index is 157. The Morgan fingerprint density at radius 2 is 1.82 bits per heavy atom. The van der Waals surface area contributed by atoms with Gasteiger partial charge in [0.25, 0.3) is 0 Å².